The van der Waals surface area contributed by atoms with E-state index in [0.29, 0.717) is 29.1 Å². The molecule has 0 radical (unpaired) electrons. The lowest BCUT2D eigenvalue weighted by Crippen LogP contribution is -2.22. The molecule has 0 unspecified atom stereocenters. The summed E-state index contributed by atoms with van der Waals surface area (Å²) in [6, 6.07) is 5.29. The van der Waals surface area contributed by atoms with Crippen molar-refractivity contribution in [3.63, 3.8) is 0 Å². The average molecular weight is 315 g/mol. The first kappa shape index (κ1) is 14.7. The fraction of sp³-hybridized carbons (Fsp3) is 0.312. The van der Waals surface area contributed by atoms with Crippen molar-refractivity contribution in [2.45, 2.75) is 33.2 Å². The van der Waals surface area contributed by atoms with Crippen molar-refractivity contribution in [1.82, 2.24) is 15.3 Å². The Morgan fingerprint density at radius 1 is 1.36 bits per heavy atom. The standard InChI is InChI=1S/C16H17N3O2S/c1-9(2)16-19-13-6-11(4-5-14(13)21-16)15(20)17-7-12-8-22-10(3)18-12/h4-6,8-9H,7H2,1-3H3,(H,17,20). The topological polar surface area (TPSA) is 68.0 Å². The normalized spacial score (nSPS) is 11.3. The van der Waals surface area contributed by atoms with Crippen molar-refractivity contribution in [1.29, 1.82) is 0 Å². The number of hydrogen-bond donors (Lipinski definition) is 1. The van der Waals surface area contributed by atoms with E-state index in [4.69, 9.17) is 4.42 Å². The fourth-order valence-electron chi connectivity index (χ4n) is 2.10. The van der Waals surface area contributed by atoms with Crippen molar-refractivity contribution < 1.29 is 9.21 Å². The second kappa shape index (κ2) is 5.88. The first-order chi connectivity index (χ1) is 10.5. The minimum Gasteiger partial charge on any atom is -0.440 e. The second-order valence-corrected chi connectivity index (χ2v) is 6.49. The maximum atomic E-state index is 12.2. The summed E-state index contributed by atoms with van der Waals surface area (Å²) in [6.07, 6.45) is 0. The number of nitrogens with zero attached hydrogens (tertiary/aromatic N) is 2. The Morgan fingerprint density at radius 2 is 2.18 bits per heavy atom. The van der Waals surface area contributed by atoms with Crippen molar-refractivity contribution in [3.05, 3.63) is 45.7 Å². The summed E-state index contributed by atoms with van der Waals surface area (Å²) in [5.74, 6) is 0.768. The van der Waals surface area contributed by atoms with Crippen LogP contribution in [0.5, 0.6) is 0 Å². The summed E-state index contributed by atoms with van der Waals surface area (Å²) in [5.41, 5.74) is 2.86. The molecular formula is C16H17N3O2S. The van der Waals surface area contributed by atoms with Gasteiger partial charge >= 0.3 is 0 Å². The van der Waals surface area contributed by atoms with E-state index in [9.17, 15) is 4.79 Å². The molecule has 0 atom stereocenters. The molecule has 3 aromatic rings. The van der Waals surface area contributed by atoms with E-state index in [2.05, 4.69) is 15.3 Å². The molecule has 2 heterocycles. The summed E-state index contributed by atoms with van der Waals surface area (Å²) >= 11 is 1.57. The van der Waals surface area contributed by atoms with Gasteiger partial charge in [-0.2, -0.15) is 0 Å². The number of aromatic nitrogens is 2. The van der Waals surface area contributed by atoms with Crippen LogP contribution >= 0.6 is 11.3 Å². The summed E-state index contributed by atoms with van der Waals surface area (Å²) < 4.78 is 5.64. The van der Waals surface area contributed by atoms with Gasteiger partial charge in [0.15, 0.2) is 11.5 Å². The molecule has 0 saturated heterocycles. The van der Waals surface area contributed by atoms with E-state index in [1.165, 1.54) is 0 Å². The van der Waals surface area contributed by atoms with Crippen molar-refractivity contribution in [2.24, 2.45) is 0 Å². The third-order valence-corrected chi connectivity index (χ3v) is 4.08. The number of nitrogens with one attached hydrogen (secondary N) is 1. The van der Waals surface area contributed by atoms with Gasteiger partial charge in [0.1, 0.15) is 5.52 Å². The smallest absolute Gasteiger partial charge is 0.251 e. The number of hydrogen-bond acceptors (Lipinski definition) is 5. The van der Waals surface area contributed by atoms with Crippen molar-refractivity contribution >= 4 is 28.3 Å². The van der Waals surface area contributed by atoms with Gasteiger partial charge in [0.05, 0.1) is 17.2 Å². The van der Waals surface area contributed by atoms with Crippen LogP contribution in [0.3, 0.4) is 0 Å². The molecule has 0 bridgehead atoms. The molecule has 5 nitrogen and oxygen atoms in total. The lowest BCUT2D eigenvalue weighted by atomic mass is 10.2. The maximum Gasteiger partial charge on any atom is 0.251 e. The lowest BCUT2D eigenvalue weighted by Gasteiger charge is -2.02. The molecular weight excluding hydrogens is 298 g/mol. The Balaban J connectivity index is 1.75. The molecule has 6 heteroatoms. The van der Waals surface area contributed by atoms with Gasteiger partial charge in [-0.25, -0.2) is 9.97 Å². The molecule has 1 N–H and O–H groups in total. The average Bonchev–Trinajstić information content (AvgIpc) is 3.09. The molecule has 0 aliphatic heterocycles. The third kappa shape index (κ3) is 3.01. The molecule has 0 spiro atoms. The van der Waals surface area contributed by atoms with E-state index in [1.807, 2.05) is 26.2 Å². The van der Waals surface area contributed by atoms with Crippen molar-refractivity contribution in [2.75, 3.05) is 0 Å². The first-order valence-electron chi connectivity index (χ1n) is 7.12. The van der Waals surface area contributed by atoms with Gasteiger partial charge in [-0.05, 0) is 25.1 Å². The Morgan fingerprint density at radius 3 is 2.86 bits per heavy atom. The van der Waals surface area contributed by atoms with Crippen LogP contribution in [0.4, 0.5) is 0 Å². The predicted molar refractivity (Wildman–Crippen MR) is 86.1 cm³/mol. The van der Waals surface area contributed by atoms with Gasteiger partial charge in [0.25, 0.3) is 5.91 Å². The third-order valence-electron chi connectivity index (χ3n) is 3.26. The minimum atomic E-state index is -0.137. The highest BCUT2D eigenvalue weighted by Crippen LogP contribution is 2.22. The summed E-state index contributed by atoms with van der Waals surface area (Å²) in [5, 5.41) is 5.81. The van der Waals surface area contributed by atoms with Crippen LogP contribution in [0.25, 0.3) is 11.1 Å². The van der Waals surface area contributed by atoms with Crippen molar-refractivity contribution in [3.8, 4) is 0 Å². The molecule has 0 aliphatic carbocycles. The number of aryl methyl sites for hydroxylation is 1. The van der Waals surface area contributed by atoms with Gasteiger partial charge in [-0.3, -0.25) is 4.79 Å². The molecule has 3 rings (SSSR count). The maximum absolute atomic E-state index is 12.2. The minimum absolute atomic E-state index is 0.137. The van der Waals surface area contributed by atoms with E-state index in [-0.39, 0.29) is 11.8 Å². The fourth-order valence-corrected chi connectivity index (χ4v) is 2.71. The van der Waals surface area contributed by atoms with Gasteiger partial charge < -0.3 is 9.73 Å². The summed E-state index contributed by atoms with van der Waals surface area (Å²) in [4.78, 5) is 21.0. The van der Waals surface area contributed by atoms with Crippen LogP contribution in [0, 0.1) is 6.92 Å². The number of amides is 1. The highest BCUT2D eigenvalue weighted by atomic mass is 32.1. The lowest BCUT2D eigenvalue weighted by molar-refractivity contribution is 0.0950. The van der Waals surface area contributed by atoms with Crippen LogP contribution in [0.2, 0.25) is 0 Å². The zero-order chi connectivity index (χ0) is 15.7. The number of benzene rings is 1. The molecule has 2 aromatic heterocycles. The number of carbonyl (C=O) groups excluding carboxylic acids is 1. The van der Waals surface area contributed by atoms with Gasteiger partial charge in [-0.1, -0.05) is 13.8 Å². The molecule has 114 valence electrons. The van der Waals surface area contributed by atoms with Crippen LogP contribution in [-0.2, 0) is 6.54 Å². The van der Waals surface area contributed by atoms with Crippen LogP contribution in [0.15, 0.2) is 28.0 Å². The van der Waals surface area contributed by atoms with Gasteiger partial charge in [-0.15, -0.1) is 11.3 Å². The largest absolute Gasteiger partial charge is 0.440 e. The highest BCUT2D eigenvalue weighted by Gasteiger charge is 2.12. The van der Waals surface area contributed by atoms with E-state index in [1.54, 1.807) is 29.5 Å². The van der Waals surface area contributed by atoms with Gasteiger partial charge in [0, 0.05) is 16.9 Å². The van der Waals surface area contributed by atoms with Gasteiger partial charge in [0.2, 0.25) is 0 Å². The number of carbonyl (C=O) groups is 1. The number of oxazole rings is 1. The monoisotopic (exact) mass is 315 g/mol. The molecule has 1 amide bonds. The molecule has 0 aliphatic rings. The number of rotatable bonds is 4. The van der Waals surface area contributed by atoms with Crippen LogP contribution in [-0.4, -0.2) is 15.9 Å². The summed E-state index contributed by atoms with van der Waals surface area (Å²) in [6.45, 7) is 6.42. The van der Waals surface area contributed by atoms with Crippen LogP contribution < -0.4 is 5.32 Å². The zero-order valence-electron chi connectivity index (χ0n) is 12.7. The predicted octanol–water partition coefficient (Wildman–Crippen LogP) is 3.65. The highest BCUT2D eigenvalue weighted by molar-refractivity contribution is 7.09. The quantitative estimate of drug-likeness (QED) is 0.798. The number of fused-ring (bicyclic) bond motifs is 1. The Bertz CT molecular complexity index is 820. The molecule has 1 aromatic carbocycles. The Hall–Kier alpha value is -2.21. The number of thiazole rings is 1. The Kier molecular flexibility index (Phi) is 3.94. The zero-order valence-corrected chi connectivity index (χ0v) is 13.5. The SMILES string of the molecule is Cc1nc(CNC(=O)c2ccc3oc(C(C)C)nc3c2)cs1. The summed E-state index contributed by atoms with van der Waals surface area (Å²) in [7, 11) is 0. The first-order valence-corrected chi connectivity index (χ1v) is 8.00. The second-order valence-electron chi connectivity index (χ2n) is 5.43. The Labute approximate surface area is 132 Å². The molecule has 22 heavy (non-hydrogen) atoms. The molecule has 0 saturated carbocycles. The van der Waals surface area contributed by atoms with E-state index < -0.39 is 0 Å². The molecule has 0 fully saturated rings. The van der Waals surface area contributed by atoms with E-state index >= 15 is 0 Å². The van der Waals surface area contributed by atoms with Crippen LogP contribution in [0.1, 0.15) is 46.7 Å². The van der Waals surface area contributed by atoms with E-state index in [0.717, 1.165) is 10.7 Å².